The van der Waals surface area contributed by atoms with Gasteiger partial charge in [0, 0.05) is 29.6 Å². The fourth-order valence-electron chi connectivity index (χ4n) is 2.69. The van der Waals surface area contributed by atoms with Gasteiger partial charge in [-0.05, 0) is 48.0 Å². The van der Waals surface area contributed by atoms with E-state index in [1.807, 2.05) is 6.07 Å². The first-order valence-corrected chi connectivity index (χ1v) is 11.0. The molecule has 0 spiro atoms. The molecule has 156 valence electrons. The third-order valence-electron chi connectivity index (χ3n) is 4.15. The number of aromatic nitrogens is 2. The van der Waals surface area contributed by atoms with Gasteiger partial charge < -0.3 is 10.6 Å². The molecule has 10 heteroatoms. The van der Waals surface area contributed by atoms with Gasteiger partial charge in [0.25, 0.3) is 0 Å². The largest absolute Gasteiger partial charge is 0.347 e. The topological polar surface area (TPSA) is 110 Å². The van der Waals surface area contributed by atoms with Gasteiger partial charge in [-0.2, -0.15) is 0 Å². The Labute approximate surface area is 178 Å². The van der Waals surface area contributed by atoms with E-state index >= 15 is 0 Å². The maximum Gasteiger partial charge on any atom is 0.347 e. The van der Waals surface area contributed by atoms with Crippen LogP contribution in [0.2, 0.25) is 5.02 Å². The number of rotatable bonds is 7. The minimum absolute atomic E-state index is 0.0540. The fourth-order valence-corrected chi connectivity index (χ4v) is 3.97. The Morgan fingerprint density at radius 1 is 1.10 bits per heavy atom. The highest BCUT2D eigenvalue weighted by Gasteiger charge is 2.14. The van der Waals surface area contributed by atoms with Gasteiger partial charge in [0.1, 0.15) is 0 Å². The van der Waals surface area contributed by atoms with E-state index in [1.54, 1.807) is 30.5 Å². The van der Waals surface area contributed by atoms with Crippen LogP contribution in [0.4, 0.5) is 10.5 Å². The molecule has 2 aromatic carbocycles. The minimum Gasteiger partial charge on any atom is -0.337 e. The van der Waals surface area contributed by atoms with Crippen molar-refractivity contribution in [1.29, 1.82) is 0 Å². The lowest BCUT2D eigenvalue weighted by Crippen LogP contribution is -2.32. The second-order valence-electron chi connectivity index (χ2n) is 6.38. The zero-order valence-electron chi connectivity index (χ0n) is 15.8. The minimum atomic E-state index is -3.53. The number of halogens is 1. The van der Waals surface area contributed by atoms with Crippen LogP contribution in [0.5, 0.6) is 0 Å². The van der Waals surface area contributed by atoms with E-state index in [9.17, 15) is 18.0 Å². The predicted octanol–water partition coefficient (Wildman–Crippen LogP) is 2.54. The smallest absolute Gasteiger partial charge is 0.337 e. The van der Waals surface area contributed by atoms with E-state index in [2.05, 4.69) is 15.6 Å². The predicted molar refractivity (Wildman–Crippen MR) is 115 cm³/mol. The number of carbonyl (C=O) groups excluding carboxylic acids is 1. The van der Waals surface area contributed by atoms with E-state index in [4.69, 9.17) is 11.6 Å². The van der Waals surface area contributed by atoms with Crippen molar-refractivity contribution in [3.05, 3.63) is 88.1 Å². The molecular weight excluding hydrogens is 428 g/mol. The van der Waals surface area contributed by atoms with Gasteiger partial charge in [0.05, 0.1) is 17.2 Å². The summed E-state index contributed by atoms with van der Waals surface area (Å²) in [6.07, 6.45) is 3.05. The molecule has 0 saturated carbocycles. The number of hydrogen-bond acceptors (Lipinski definition) is 5. The van der Waals surface area contributed by atoms with Crippen molar-refractivity contribution in [2.24, 2.45) is 0 Å². The van der Waals surface area contributed by atoms with E-state index < -0.39 is 15.9 Å². The normalized spacial score (nSPS) is 11.1. The summed E-state index contributed by atoms with van der Waals surface area (Å²) in [7, 11) is -3.53. The molecule has 0 aliphatic carbocycles. The molecule has 2 amide bonds. The Kier molecular flexibility index (Phi) is 6.86. The molecule has 30 heavy (non-hydrogen) atoms. The second-order valence-corrected chi connectivity index (χ2v) is 8.93. The van der Waals surface area contributed by atoms with E-state index in [0.29, 0.717) is 17.3 Å². The standard InChI is InChI=1S/C20H19ClN4O4S/c21-16-5-7-18(8-6-16)30(28,29)12-10-22-19(26)24-17-4-1-3-15(13-17)14-25-11-2-9-23-20(25)27/h1-9,11,13H,10,12,14H2,(H2,22,24,26). The fraction of sp³-hybridized carbons (Fsp3) is 0.150. The number of carbonyl (C=O) groups is 1. The zero-order chi connectivity index (χ0) is 21.6. The van der Waals surface area contributed by atoms with Crippen LogP contribution in [-0.4, -0.2) is 36.3 Å². The molecule has 0 aliphatic rings. The summed E-state index contributed by atoms with van der Waals surface area (Å²) < 4.78 is 26.0. The number of nitrogens with one attached hydrogen (secondary N) is 2. The Morgan fingerprint density at radius 3 is 2.60 bits per heavy atom. The molecule has 0 radical (unpaired) electrons. The third kappa shape index (κ3) is 5.91. The molecule has 0 atom stereocenters. The number of benzene rings is 2. The Morgan fingerprint density at radius 2 is 1.87 bits per heavy atom. The van der Waals surface area contributed by atoms with Crippen molar-refractivity contribution in [3.8, 4) is 0 Å². The van der Waals surface area contributed by atoms with Gasteiger partial charge in [0.15, 0.2) is 9.84 Å². The van der Waals surface area contributed by atoms with Crippen molar-refractivity contribution in [3.63, 3.8) is 0 Å². The average molecular weight is 447 g/mol. The average Bonchev–Trinajstić information content (AvgIpc) is 2.70. The Hall–Kier alpha value is -3.17. The molecule has 2 N–H and O–H groups in total. The molecular formula is C20H19ClN4O4S. The summed E-state index contributed by atoms with van der Waals surface area (Å²) in [5.41, 5.74) is 0.950. The highest BCUT2D eigenvalue weighted by Crippen LogP contribution is 2.15. The van der Waals surface area contributed by atoms with Crippen LogP contribution in [0.1, 0.15) is 5.56 Å². The first kappa shape index (κ1) is 21.5. The van der Waals surface area contributed by atoms with E-state index in [0.717, 1.165) is 5.56 Å². The van der Waals surface area contributed by atoms with Gasteiger partial charge in [-0.3, -0.25) is 4.57 Å². The highest BCUT2D eigenvalue weighted by molar-refractivity contribution is 7.91. The van der Waals surface area contributed by atoms with Crippen LogP contribution in [0, 0.1) is 0 Å². The monoisotopic (exact) mass is 446 g/mol. The SMILES string of the molecule is O=C(NCCS(=O)(=O)c1ccc(Cl)cc1)Nc1cccc(Cn2cccnc2=O)c1. The van der Waals surface area contributed by atoms with E-state index in [1.165, 1.54) is 35.0 Å². The summed E-state index contributed by atoms with van der Waals surface area (Å²) in [5.74, 6) is -0.244. The van der Waals surface area contributed by atoms with Crippen molar-refractivity contribution in [2.75, 3.05) is 17.6 Å². The van der Waals surface area contributed by atoms with Crippen molar-refractivity contribution < 1.29 is 13.2 Å². The van der Waals surface area contributed by atoms with Crippen LogP contribution >= 0.6 is 11.6 Å². The molecule has 8 nitrogen and oxygen atoms in total. The molecule has 0 unspecified atom stereocenters. The molecule has 0 saturated heterocycles. The summed E-state index contributed by atoms with van der Waals surface area (Å²) in [6.45, 7) is 0.255. The zero-order valence-corrected chi connectivity index (χ0v) is 17.4. The van der Waals surface area contributed by atoms with Crippen LogP contribution < -0.4 is 16.3 Å². The van der Waals surface area contributed by atoms with Gasteiger partial charge in [-0.1, -0.05) is 23.7 Å². The van der Waals surface area contributed by atoms with Crippen molar-refractivity contribution >= 4 is 33.2 Å². The summed E-state index contributed by atoms with van der Waals surface area (Å²) in [5, 5.41) is 5.62. The van der Waals surface area contributed by atoms with Gasteiger partial charge in [-0.15, -0.1) is 0 Å². The maximum atomic E-state index is 12.3. The van der Waals surface area contributed by atoms with Crippen LogP contribution in [0.25, 0.3) is 0 Å². The highest BCUT2D eigenvalue weighted by atomic mass is 35.5. The summed E-state index contributed by atoms with van der Waals surface area (Å²) >= 11 is 5.77. The number of hydrogen-bond donors (Lipinski definition) is 2. The van der Waals surface area contributed by atoms with Crippen LogP contribution in [0.3, 0.4) is 0 Å². The Bertz CT molecular complexity index is 1190. The number of nitrogens with zero attached hydrogens (tertiary/aromatic N) is 2. The number of sulfone groups is 1. The maximum absolute atomic E-state index is 12.3. The number of urea groups is 1. The summed E-state index contributed by atoms with van der Waals surface area (Å²) in [4.78, 5) is 27.7. The van der Waals surface area contributed by atoms with Crippen molar-refractivity contribution in [1.82, 2.24) is 14.9 Å². The Balaban J connectivity index is 1.54. The second kappa shape index (κ2) is 9.55. The molecule has 0 fully saturated rings. The van der Waals surface area contributed by atoms with E-state index in [-0.39, 0.29) is 22.9 Å². The van der Waals surface area contributed by atoms with Gasteiger partial charge >= 0.3 is 11.7 Å². The first-order chi connectivity index (χ1) is 14.3. The first-order valence-electron chi connectivity index (χ1n) is 8.97. The van der Waals surface area contributed by atoms with Crippen LogP contribution in [-0.2, 0) is 16.4 Å². The lowest BCUT2D eigenvalue weighted by molar-refractivity contribution is 0.252. The quantitative estimate of drug-likeness (QED) is 0.579. The van der Waals surface area contributed by atoms with Crippen LogP contribution in [0.15, 0.2) is 76.7 Å². The number of amides is 2. The molecule has 3 aromatic rings. The molecule has 3 rings (SSSR count). The van der Waals surface area contributed by atoms with Crippen molar-refractivity contribution in [2.45, 2.75) is 11.4 Å². The molecule has 1 aromatic heterocycles. The third-order valence-corrected chi connectivity index (χ3v) is 6.13. The lowest BCUT2D eigenvalue weighted by Gasteiger charge is -2.10. The summed E-state index contributed by atoms with van der Waals surface area (Å²) in [6, 6.07) is 14.0. The molecule has 0 aliphatic heterocycles. The molecule has 0 bridgehead atoms. The van der Waals surface area contributed by atoms with Gasteiger partial charge in [-0.25, -0.2) is 23.0 Å². The van der Waals surface area contributed by atoms with Gasteiger partial charge in [0.2, 0.25) is 0 Å². The number of anilines is 1. The molecule has 1 heterocycles. The lowest BCUT2D eigenvalue weighted by atomic mass is 10.2.